The molecule has 1 spiro atoms. The fourth-order valence-electron chi connectivity index (χ4n) is 6.57. The Kier molecular flexibility index (Phi) is 5.32. The summed E-state index contributed by atoms with van der Waals surface area (Å²) in [4.78, 5) is 46.8. The summed E-state index contributed by atoms with van der Waals surface area (Å²) in [6.45, 7) is 2.67. The Morgan fingerprint density at radius 2 is 1.69 bits per heavy atom. The minimum atomic E-state index is -0.896. The van der Waals surface area contributed by atoms with Gasteiger partial charge in [-0.15, -0.1) is 11.8 Å². The van der Waals surface area contributed by atoms with Crippen LogP contribution in [-0.4, -0.2) is 81.5 Å². The zero-order chi connectivity index (χ0) is 25.2. The summed E-state index contributed by atoms with van der Waals surface area (Å²) in [5.41, 5.74) is 0.763. The number of likely N-dealkylation sites (tertiary alicyclic amines) is 1. The number of likely N-dealkylation sites (N-methyl/N-ethyl adjacent to an activating group) is 1. The summed E-state index contributed by atoms with van der Waals surface area (Å²) in [5, 5.41) is 12.0. The minimum absolute atomic E-state index is 0.0523. The lowest BCUT2D eigenvalue weighted by molar-refractivity contribution is -0.143. The first-order valence-electron chi connectivity index (χ1n) is 12.3. The second kappa shape index (κ2) is 8.21. The molecule has 4 aliphatic rings. The van der Waals surface area contributed by atoms with E-state index in [4.69, 9.17) is 0 Å². The van der Waals surface area contributed by atoms with Gasteiger partial charge in [-0.1, -0.05) is 54.6 Å². The average molecular weight is 504 g/mol. The van der Waals surface area contributed by atoms with Crippen molar-refractivity contribution in [2.24, 2.45) is 11.8 Å². The van der Waals surface area contributed by atoms with Crippen LogP contribution in [0.1, 0.15) is 6.92 Å². The molecule has 2 aromatic carbocycles. The molecule has 7 nitrogen and oxygen atoms in total. The number of aliphatic hydroxyl groups is 1. The van der Waals surface area contributed by atoms with Crippen LogP contribution in [0.3, 0.4) is 0 Å². The lowest BCUT2D eigenvalue weighted by Crippen LogP contribution is -2.54. The van der Waals surface area contributed by atoms with Gasteiger partial charge in [-0.05, 0) is 29.8 Å². The summed E-state index contributed by atoms with van der Waals surface area (Å²) in [6, 6.07) is 13.1. The molecule has 1 unspecified atom stereocenters. The molecule has 2 saturated heterocycles. The molecule has 4 heterocycles. The van der Waals surface area contributed by atoms with Gasteiger partial charge in [-0.2, -0.15) is 0 Å². The van der Waals surface area contributed by atoms with Crippen LogP contribution in [0.15, 0.2) is 66.8 Å². The highest BCUT2D eigenvalue weighted by Crippen LogP contribution is 2.65. The number of rotatable bonds is 3. The monoisotopic (exact) mass is 503 g/mol. The number of aliphatic hydroxyl groups excluding tert-OH is 1. The van der Waals surface area contributed by atoms with Gasteiger partial charge in [-0.25, -0.2) is 0 Å². The minimum Gasteiger partial charge on any atom is -0.395 e. The van der Waals surface area contributed by atoms with Crippen molar-refractivity contribution in [1.82, 2.24) is 9.80 Å². The van der Waals surface area contributed by atoms with Crippen LogP contribution in [0.5, 0.6) is 0 Å². The van der Waals surface area contributed by atoms with Crippen LogP contribution < -0.4 is 4.90 Å². The second-order valence-corrected chi connectivity index (χ2v) is 12.0. The van der Waals surface area contributed by atoms with E-state index >= 15 is 0 Å². The van der Waals surface area contributed by atoms with Gasteiger partial charge in [0, 0.05) is 37.1 Å². The quantitative estimate of drug-likeness (QED) is 0.651. The SMILES string of the molecule is CN1CC=C[C@@]2(C)S[C@]34C=CCN(c5ccc6ccccc6c5)C(=O)C3N(CCO)C(=O)[C@@H]4[C@H]2C1=O. The first-order valence-corrected chi connectivity index (χ1v) is 13.1. The molecule has 0 aliphatic carbocycles. The number of nitrogens with zero attached hydrogens (tertiary/aromatic N) is 3. The number of anilines is 1. The molecule has 2 fully saturated rings. The molecule has 0 bridgehead atoms. The van der Waals surface area contributed by atoms with E-state index in [0.717, 1.165) is 16.5 Å². The normalized spacial score (nSPS) is 33.6. The maximum Gasteiger partial charge on any atom is 0.251 e. The molecule has 6 rings (SSSR count). The highest BCUT2D eigenvalue weighted by atomic mass is 32.2. The van der Waals surface area contributed by atoms with E-state index in [9.17, 15) is 19.5 Å². The fourth-order valence-corrected chi connectivity index (χ4v) is 8.72. The molecule has 3 amide bonds. The number of benzene rings is 2. The van der Waals surface area contributed by atoms with E-state index in [-0.39, 0.29) is 30.9 Å². The van der Waals surface area contributed by atoms with Crippen molar-refractivity contribution in [2.45, 2.75) is 22.5 Å². The van der Waals surface area contributed by atoms with E-state index in [2.05, 4.69) is 0 Å². The van der Waals surface area contributed by atoms with Gasteiger partial charge < -0.3 is 19.8 Å². The van der Waals surface area contributed by atoms with Crippen LogP contribution in [0.4, 0.5) is 5.69 Å². The highest BCUT2D eigenvalue weighted by Gasteiger charge is 2.73. The third-order valence-electron chi connectivity index (χ3n) is 8.14. The van der Waals surface area contributed by atoms with Crippen LogP contribution in [0.2, 0.25) is 0 Å². The summed E-state index contributed by atoms with van der Waals surface area (Å²) < 4.78 is -1.51. The molecular weight excluding hydrogens is 474 g/mol. The molecule has 186 valence electrons. The Hall–Kier alpha value is -3.10. The number of hydrogen-bond acceptors (Lipinski definition) is 5. The Morgan fingerprint density at radius 1 is 0.944 bits per heavy atom. The predicted octanol–water partition coefficient (Wildman–Crippen LogP) is 2.45. The molecule has 2 aromatic rings. The topological polar surface area (TPSA) is 81.2 Å². The van der Waals surface area contributed by atoms with Crippen LogP contribution in [0, 0.1) is 11.8 Å². The molecule has 8 heteroatoms. The third kappa shape index (κ3) is 3.13. The number of amides is 3. The molecule has 0 radical (unpaired) electrons. The Labute approximate surface area is 214 Å². The summed E-state index contributed by atoms with van der Waals surface area (Å²) in [5.74, 6) is -1.76. The molecule has 36 heavy (non-hydrogen) atoms. The van der Waals surface area contributed by atoms with Crippen LogP contribution in [-0.2, 0) is 14.4 Å². The fraction of sp³-hybridized carbons (Fsp3) is 0.393. The van der Waals surface area contributed by atoms with Gasteiger partial charge in [0.15, 0.2) is 0 Å². The molecule has 1 N–H and O–H groups in total. The van der Waals surface area contributed by atoms with Gasteiger partial charge in [0.2, 0.25) is 11.8 Å². The van der Waals surface area contributed by atoms with Gasteiger partial charge >= 0.3 is 0 Å². The Morgan fingerprint density at radius 3 is 2.47 bits per heavy atom. The van der Waals surface area contributed by atoms with Crippen molar-refractivity contribution >= 4 is 45.9 Å². The summed E-state index contributed by atoms with van der Waals surface area (Å²) in [6.07, 6.45) is 8.00. The largest absolute Gasteiger partial charge is 0.395 e. The molecule has 0 aromatic heterocycles. The number of thioether (sulfide) groups is 1. The van der Waals surface area contributed by atoms with Crippen molar-refractivity contribution in [3.8, 4) is 0 Å². The zero-order valence-electron chi connectivity index (χ0n) is 20.3. The van der Waals surface area contributed by atoms with Gasteiger partial charge in [-0.3, -0.25) is 14.4 Å². The summed E-state index contributed by atoms with van der Waals surface area (Å²) in [7, 11) is 1.76. The lowest BCUT2D eigenvalue weighted by Gasteiger charge is -2.36. The van der Waals surface area contributed by atoms with Crippen molar-refractivity contribution < 1.29 is 19.5 Å². The smallest absolute Gasteiger partial charge is 0.251 e. The number of carbonyl (C=O) groups excluding carboxylic acids is 3. The molecule has 5 atom stereocenters. The van der Waals surface area contributed by atoms with E-state index in [1.807, 2.05) is 73.7 Å². The highest BCUT2D eigenvalue weighted by molar-refractivity contribution is 8.02. The lowest BCUT2D eigenvalue weighted by atomic mass is 9.74. The maximum atomic E-state index is 14.3. The Balaban J connectivity index is 1.48. The van der Waals surface area contributed by atoms with Crippen LogP contribution >= 0.6 is 11.8 Å². The van der Waals surface area contributed by atoms with Crippen molar-refractivity contribution in [2.75, 3.05) is 38.2 Å². The number of carbonyl (C=O) groups is 3. The standard InChI is InChI=1S/C28H29N3O4S/c1-27-11-5-13-29(2)24(33)21(27)22-25(34)31(15-16-32)23-26(35)30(14-6-12-28(22,23)36-27)20-10-9-18-7-3-4-8-19(18)17-20/h3-12,17,21-23,32H,13-16H2,1-2H3/t21-,22-,23?,27+,28-/m0/s1. The first-order chi connectivity index (χ1) is 17.3. The van der Waals surface area contributed by atoms with Crippen molar-refractivity contribution in [3.63, 3.8) is 0 Å². The molecular formula is C28H29N3O4S. The van der Waals surface area contributed by atoms with Gasteiger partial charge in [0.1, 0.15) is 6.04 Å². The van der Waals surface area contributed by atoms with Gasteiger partial charge in [0.05, 0.1) is 23.2 Å². The average Bonchev–Trinajstić information content (AvgIpc) is 3.13. The predicted molar refractivity (Wildman–Crippen MR) is 141 cm³/mol. The maximum absolute atomic E-state index is 14.3. The van der Waals surface area contributed by atoms with E-state index in [1.165, 1.54) is 4.90 Å². The number of hydrogen-bond donors (Lipinski definition) is 1. The molecule has 0 saturated carbocycles. The van der Waals surface area contributed by atoms with E-state index in [1.54, 1.807) is 28.6 Å². The number of β-amino-alcohol motifs (C(OH)–C–C–N with tert-alkyl or cyclic N) is 1. The van der Waals surface area contributed by atoms with E-state index in [0.29, 0.717) is 13.1 Å². The molecule has 4 aliphatic heterocycles. The van der Waals surface area contributed by atoms with Crippen LogP contribution in [0.25, 0.3) is 10.8 Å². The summed E-state index contributed by atoms with van der Waals surface area (Å²) >= 11 is 1.56. The zero-order valence-corrected chi connectivity index (χ0v) is 21.1. The van der Waals surface area contributed by atoms with E-state index < -0.39 is 27.4 Å². The third-order valence-corrected chi connectivity index (χ3v) is 9.94. The van der Waals surface area contributed by atoms with Crippen molar-refractivity contribution in [3.05, 3.63) is 66.8 Å². The Bertz CT molecular complexity index is 1340. The second-order valence-electron chi connectivity index (χ2n) is 10.3. The number of fused-ring (bicyclic) bond motifs is 3. The van der Waals surface area contributed by atoms with Gasteiger partial charge in [0.25, 0.3) is 5.91 Å². The first kappa shape index (κ1) is 23.3. The van der Waals surface area contributed by atoms with Crippen molar-refractivity contribution in [1.29, 1.82) is 0 Å².